The molecule has 1 aromatic heterocycles. The van der Waals surface area contributed by atoms with Crippen molar-refractivity contribution in [2.75, 3.05) is 38.1 Å². The summed E-state index contributed by atoms with van der Waals surface area (Å²) in [5.74, 6) is -0.358. The molecule has 0 aliphatic carbocycles. The molecule has 1 N–H and O–H groups in total. The minimum absolute atomic E-state index is 0.341. The Bertz CT molecular complexity index is 1260. The van der Waals surface area contributed by atoms with E-state index in [1.165, 1.54) is 11.3 Å². The molecule has 0 unspecified atom stereocenters. The second kappa shape index (κ2) is 8.41. The molecule has 0 atom stereocenters. The van der Waals surface area contributed by atoms with Gasteiger partial charge in [0, 0.05) is 43.4 Å². The number of imide groups is 1. The number of hydrogen-bond donors (Lipinski definition) is 1. The van der Waals surface area contributed by atoms with Gasteiger partial charge in [-0.3, -0.25) is 19.9 Å². The van der Waals surface area contributed by atoms with E-state index in [2.05, 4.69) is 58.3 Å². The van der Waals surface area contributed by atoms with Crippen molar-refractivity contribution in [3.05, 3.63) is 64.7 Å². The highest BCUT2D eigenvalue weighted by atomic mass is 32.2. The van der Waals surface area contributed by atoms with Gasteiger partial charge in [-0.1, -0.05) is 18.2 Å². The Hall–Kier alpha value is -3.16. The number of likely N-dealkylation sites (N-methyl/N-ethyl adjacent to an activating group) is 1. The van der Waals surface area contributed by atoms with E-state index in [4.69, 9.17) is 0 Å². The molecule has 7 heteroatoms. The van der Waals surface area contributed by atoms with Crippen LogP contribution < -0.4 is 10.2 Å². The van der Waals surface area contributed by atoms with Gasteiger partial charge >= 0.3 is 0 Å². The summed E-state index contributed by atoms with van der Waals surface area (Å²) in [5, 5.41) is 2.97. The lowest BCUT2D eigenvalue weighted by Crippen LogP contribution is -2.44. The van der Waals surface area contributed by atoms with Gasteiger partial charge in [-0.15, -0.1) is 0 Å². The van der Waals surface area contributed by atoms with Crippen molar-refractivity contribution in [3.63, 3.8) is 0 Å². The van der Waals surface area contributed by atoms with Crippen LogP contribution >= 0.6 is 11.8 Å². The molecule has 2 fully saturated rings. The number of anilines is 1. The van der Waals surface area contributed by atoms with Gasteiger partial charge in [0.15, 0.2) is 0 Å². The molecule has 3 heterocycles. The van der Waals surface area contributed by atoms with E-state index in [0.29, 0.717) is 4.91 Å². The van der Waals surface area contributed by atoms with E-state index >= 15 is 0 Å². The van der Waals surface area contributed by atoms with Crippen molar-refractivity contribution in [2.45, 2.75) is 6.92 Å². The Morgan fingerprint density at radius 3 is 2.59 bits per heavy atom. The lowest BCUT2D eigenvalue weighted by Gasteiger charge is -2.35. The predicted molar refractivity (Wildman–Crippen MR) is 131 cm³/mol. The third-order valence-electron chi connectivity index (χ3n) is 6.04. The van der Waals surface area contributed by atoms with Crippen molar-refractivity contribution in [2.24, 2.45) is 0 Å². The third-order valence-corrected chi connectivity index (χ3v) is 6.85. The molecule has 0 spiro atoms. The van der Waals surface area contributed by atoms with Gasteiger partial charge < -0.3 is 9.80 Å². The fourth-order valence-electron chi connectivity index (χ4n) is 4.29. The van der Waals surface area contributed by atoms with E-state index in [0.717, 1.165) is 65.5 Å². The van der Waals surface area contributed by atoms with Gasteiger partial charge in [-0.05, 0) is 78.3 Å². The van der Waals surface area contributed by atoms with Gasteiger partial charge in [0.05, 0.1) is 10.4 Å². The number of benzene rings is 2. The molecule has 0 radical (unpaired) electrons. The first-order valence-electron chi connectivity index (χ1n) is 10.7. The molecule has 2 aliphatic rings. The first kappa shape index (κ1) is 20.7. The van der Waals surface area contributed by atoms with E-state index in [1.54, 1.807) is 12.3 Å². The lowest BCUT2D eigenvalue weighted by atomic mass is 9.97. The summed E-state index contributed by atoms with van der Waals surface area (Å²) in [5.41, 5.74) is 6.48. The van der Waals surface area contributed by atoms with Crippen LogP contribution in [-0.2, 0) is 4.79 Å². The monoisotopic (exact) mass is 444 g/mol. The predicted octanol–water partition coefficient (Wildman–Crippen LogP) is 4.29. The summed E-state index contributed by atoms with van der Waals surface area (Å²) < 4.78 is 0. The molecule has 162 valence electrons. The van der Waals surface area contributed by atoms with Gasteiger partial charge in [0.1, 0.15) is 0 Å². The standard InChI is InChI=1S/C25H24N4O2S/c1-16-12-18(6-7-22(16)29-10-8-28(2)9-11-29)19-4-3-5-21-20(19)13-17(15-26-21)14-23-24(30)27-25(31)32-23/h3-7,12-15H,8-11H2,1-2H3,(H,27,30,31). The average molecular weight is 445 g/mol. The zero-order valence-corrected chi connectivity index (χ0v) is 18.9. The second-order valence-corrected chi connectivity index (χ2v) is 9.30. The number of hydrogen-bond acceptors (Lipinski definition) is 6. The maximum absolute atomic E-state index is 11.9. The summed E-state index contributed by atoms with van der Waals surface area (Å²) in [6.07, 6.45) is 3.45. The molecule has 3 aromatic rings. The number of nitrogens with zero attached hydrogens (tertiary/aromatic N) is 3. The van der Waals surface area contributed by atoms with Crippen molar-refractivity contribution in [1.82, 2.24) is 15.2 Å². The van der Waals surface area contributed by atoms with E-state index in [-0.39, 0.29) is 11.1 Å². The Labute approximate surface area is 191 Å². The minimum atomic E-state index is -0.358. The molecule has 6 nitrogen and oxygen atoms in total. The van der Waals surface area contributed by atoms with Gasteiger partial charge in [-0.25, -0.2) is 0 Å². The Balaban J connectivity index is 1.51. The molecular formula is C25H24N4O2S. The van der Waals surface area contributed by atoms with Crippen LogP contribution in [0.4, 0.5) is 10.5 Å². The molecule has 0 bridgehead atoms. The molecular weight excluding hydrogens is 420 g/mol. The first-order chi connectivity index (χ1) is 15.5. The smallest absolute Gasteiger partial charge is 0.290 e. The van der Waals surface area contributed by atoms with E-state index in [1.807, 2.05) is 18.2 Å². The van der Waals surface area contributed by atoms with E-state index in [9.17, 15) is 9.59 Å². The Kier molecular flexibility index (Phi) is 5.45. The van der Waals surface area contributed by atoms with Gasteiger partial charge in [0.2, 0.25) is 0 Å². The van der Waals surface area contributed by atoms with Crippen molar-refractivity contribution < 1.29 is 9.59 Å². The highest BCUT2D eigenvalue weighted by molar-refractivity contribution is 8.18. The van der Waals surface area contributed by atoms with Crippen LogP contribution in [-0.4, -0.2) is 54.3 Å². The summed E-state index contributed by atoms with van der Waals surface area (Å²) in [6.45, 7) is 6.41. The van der Waals surface area contributed by atoms with Crippen LogP contribution in [0.2, 0.25) is 0 Å². The van der Waals surface area contributed by atoms with Gasteiger partial charge in [-0.2, -0.15) is 0 Å². The molecule has 2 amide bonds. The minimum Gasteiger partial charge on any atom is -0.369 e. The van der Waals surface area contributed by atoms with Gasteiger partial charge in [0.25, 0.3) is 11.1 Å². The number of amides is 2. The highest BCUT2D eigenvalue weighted by Gasteiger charge is 2.25. The molecule has 2 aromatic carbocycles. The zero-order chi connectivity index (χ0) is 22.2. The zero-order valence-electron chi connectivity index (χ0n) is 18.1. The molecule has 2 saturated heterocycles. The number of rotatable bonds is 3. The van der Waals surface area contributed by atoms with Crippen molar-refractivity contribution >= 4 is 45.6 Å². The third kappa shape index (κ3) is 4.01. The van der Waals surface area contributed by atoms with Crippen LogP contribution in [0, 0.1) is 6.92 Å². The number of thioether (sulfide) groups is 1. The lowest BCUT2D eigenvalue weighted by molar-refractivity contribution is -0.115. The number of pyridine rings is 1. The molecule has 2 aliphatic heterocycles. The maximum atomic E-state index is 11.9. The van der Waals surface area contributed by atoms with Crippen molar-refractivity contribution in [1.29, 1.82) is 0 Å². The first-order valence-corrected chi connectivity index (χ1v) is 11.5. The number of carbonyl (C=O) groups is 2. The molecule has 32 heavy (non-hydrogen) atoms. The normalized spacial score (nSPS) is 18.6. The number of nitrogens with one attached hydrogen (secondary N) is 1. The number of aromatic nitrogens is 1. The summed E-state index contributed by atoms with van der Waals surface area (Å²) >= 11 is 0.918. The van der Waals surface area contributed by atoms with Crippen LogP contribution in [0.3, 0.4) is 0 Å². The van der Waals surface area contributed by atoms with Crippen molar-refractivity contribution in [3.8, 4) is 11.1 Å². The molecule has 0 saturated carbocycles. The Morgan fingerprint density at radius 1 is 1.06 bits per heavy atom. The average Bonchev–Trinajstić information content (AvgIpc) is 3.10. The SMILES string of the molecule is Cc1cc(-c2cccc3ncc(C=C4SC(=O)NC4=O)cc23)ccc1N1CCN(C)CC1. The topological polar surface area (TPSA) is 65.5 Å². The number of aryl methyl sites for hydroxylation is 1. The van der Waals surface area contributed by atoms with Crippen LogP contribution in [0.15, 0.2) is 53.6 Å². The highest BCUT2D eigenvalue weighted by Crippen LogP contribution is 2.33. The second-order valence-electron chi connectivity index (χ2n) is 8.28. The summed E-state index contributed by atoms with van der Waals surface area (Å²) in [4.78, 5) is 33.2. The largest absolute Gasteiger partial charge is 0.369 e. The fraction of sp³-hybridized carbons (Fsp3) is 0.240. The van der Waals surface area contributed by atoms with Crippen LogP contribution in [0.5, 0.6) is 0 Å². The Morgan fingerprint density at radius 2 is 1.88 bits per heavy atom. The fourth-order valence-corrected chi connectivity index (χ4v) is 4.98. The number of carbonyl (C=O) groups excluding carboxylic acids is 2. The van der Waals surface area contributed by atoms with Crippen LogP contribution in [0.1, 0.15) is 11.1 Å². The maximum Gasteiger partial charge on any atom is 0.290 e. The number of fused-ring (bicyclic) bond motifs is 1. The van der Waals surface area contributed by atoms with E-state index < -0.39 is 0 Å². The summed E-state index contributed by atoms with van der Waals surface area (Å²) in [6, 6.07) is 14.8. The van der Waals surface area contributed by atoms with Crippen LogP contribution in [0.25, 0.3) is 28.1 Å². The summed E-state index contributed by atoms with van der Waals surface area (Å²) in [7, 11) is 2.17. The number of piperazine rings is 1. The molecule has 5 rings (SSSR count). The quantitative estimate of drug-likeness (QED) is 0.608.